The molecule has 12 aliphatic rings. The van der Waals surface area contributed by atoms with E-state index in [1.165, 1.54) is 165 Å². The summed E-state index contributed by atoms with van der Waals surface area (Å²) in [6.07, 6.45) is 74.7. The molecule has 1 aromatic carbocycles. The second-order valence-electron chi connectivity index (χ2n) is 24.2. The Morgan fingerprint density at radius 2 is 1.47 bits per heavy atom. The predicted molar refractivity (Wildman–Crippen MR) is 286 cm³/mol. The van der Waals surface area contributed by atoms with Crippen LogP contribution in [0.2, 0.25) is 0 Å². The third kappa shape index (κ3) is 8.36. The van der Waals surface area contributed by atoms with Gasteiger partial charge in [0.25, 0.3) is 0 Å². The lowest BCUT2D eigenvalue weighted by atomic mass is 9.63. The van der Waals surface area contributed by atoms with Gasteiger partial charge in [-0.05, 0) is 223 Å². The number of fused-ring (bicyclic) bond motifs is 5. The first-order valence-corrected chi connectivity index (χ1v) is 28.9. The van der Waals surface area contributed by atoms with Gasteiger partial charge in [0.1, 0.15) is 0 Å². The van der Waals surface area contributed by atoms with Gasteiger partial charge in [-0.2, -0.15) is 0 Å². The van der Waals surface area contributed by atoms with Gasteiger partial charge in [-0.3, -0.25) is 0 Å². The number of benzene rings is 1. The van der Waals surface area contributed by atoms with Gasteiger partial charge < -0.3 is 9.80 Å². The van der Waals surface area contributed by atoms with E-state index in [0.29, 0.717) is 41.9 Å². The van der Waals surface area contributed by atoms with Crippen molar-refractivity contribution in [3.05, 3.63) is 155 Å². The minimum atomic E-state index is 0.417. The monoisotopic (exact) mass is 903 g/mol. The lowest BCUT2D eigenvalue weighted by molar-refractivity contribution is 0.173. The molecule has 1 aromatic rings. The minimum Gasteiger partial charge on any atom is -0.361 e. The average Bonchev–Trinajstić information content (AvgIpc) is 3.94. The van der Waals surface area contributed by atoms with Gasteiger partial charge in [-0.15, -0.1) is 0 Å². The second kappa shape index (κ2) is 19.3. The third-order valence-electron chi connectivity index (χ3n) is 20.5. The third-order valence-corrected chi connectivity index (χ3v) is 20.5. The van der Waals surface area contributed by atoms with E-state index in [2.05, 4.69) is 125 Å². The van der Waals surface area contributed by atoms with Crippen LogP contribution < -0.4 is 4.90 Å². The molecule has 2 nitrogen and oxygen atoms in total. The number of anilines is 1. The molecule has 0 radical (unpaired) electrons. The Morgan fingerprint density at radius 3 is 2.32 bits per heavy atom. The number of allylic oxidation sites excluding steroid dienone is 15. The summed E-state index contributed by atoms with van der Waals surface area (Å²) in [5.41, 5.74) is 14.6. The second-order valence-corrected chi connectivity index (χ2v) is 24.2. The van der Waals surface area contributed by atoms with Crippen LogP contribution in [-0.2, 0) is 0 Å². The minimum absolute atomic E-state index is 0.417. The summed E-state index contributed by atoms with van der Waals surface area (Å²) in [7, 11) is 0. The van der Waals surface area contributed by atoms with Crippen molar-refractivity contribution in [1.82, 2.24) is 4.90 Å². The summed E-state index contributed by atoms with van der Waals surface area (Å²) in [6.45, 7) is 0. The molecular formula is C66H82N2. The molecule has 0 spiro atoms. The van der Waals surface area contributed by atoms with Crippen LogP contribution in [0.1, 0.15) is 178 Å². The van der Waals surface area contributed by atoms with Crippen molar-refractivity contribution >= 4 is 11.3 Å². The van der Waals surface area contributed by atoms with E-state index in [1.54, 1.807) is 28.1 Å². The maximum Gasteiger partial charge on any atom is 0.0586 e. The van der Waals surface area contributed by atoms with Crippen LogP contribution in [0.3, 0.4) is 0 Å². The van der Waals surface area contributed by atoms with Crippen LogP contribution in [0.5, 0.6) is 0 Å². The number of nitrogens with zero attached hydrogens (tertiary/aromatic N) is 2. The maximum atomic E-state index is 2.96. The molecule has 2 fully saturated rings. The van der Waals surface area contributed by atoms with Crippen molar-refractivity contribution in [2.24, 2.45) is 47.3 Å². The van der Waals surface area contributed by atoms with E-state index in [4.69, 9.17) is 0 Å². The Balaban J connectivity index is 0.764. The summed E-state index contributed by atoms with van der Waals surface area (Å²) in [6, 6.07) is 9.85. The smallest absolute Gasteiger partial charge is 0.0586 e. The van der Waals surface area contributed by atoms with Crippen molar-refractivity contribution in [1.29, 1.82) is 0 Å². The summed E-state index contributed by atoms with van der Waals surface area (Å²) in [4.78, 5) is 5.92. The largest absolute Gasteiger partial charge is 0.361 e. The molecule has 13 rings (SSSR count). The van der Waals surface area contributed by atoms with Crippen LogP contribution >= 0.6 is 0 Å². The van der Waals surface area contributed by atoms with Crippen LogP contribution in [-0.4, -0.2) is 29.1 Å². The molecule has 10 aliphatic carbocycles. The molecule has 0 bridgehead atoms. The van der Waals surface area contributed by atoms with Crippen LogP contribution in [0.15, 0.2) is 143 Å². The molecule has 0 saturated heterocycles. The first-order valence-electron chi connectivity index (χ1n) is 28.9. The summed E-state index contributed by atoms with van der Waals surface area (Å²) < 4.78 is 0. The van der Waals surface area contributed by atoms with Crippen LogP contribution in [0.25, 0.3) is 5.57 Å². The fourth-order valence-corrected chi connectivity index (χ4v) is 17.1. The molecule has 0 aromatic heterocycles. The van der Waals surface area contributed by atoms with Crippen molar-refractivity contribution in [2.75, 3.05) is 4.90 Å². The SMILES string of the molecule is C1=CC(C2CC(C3=CCCCC3)CC(C3=CCC(N4C5=C(CCC=C5)C5C=CC(c6ccc7c(c6)N(C6C=C(C8C=CCC(C9CC=CCC9)C8)C=CC6)C6CCCCC76)=CC54)CC3)C2)CCC1. The topological polar surface area (TPSA) is 6.48 Å². The first kappa shape index (κ1) is 43.9. The first-order chi connectivity index (χ1) is 33.7. The summed E-state index contributed by atoms with van der Waals surface area (Å²) in [5.74, 6) is 6.73. The number of hydrogen-bond acceptors (Lipinski definition) is 2. The molecule has 68 heavy (non-hydrogen) atoms. The molecule has 0 amide bonds. The standard InChI is InChI=1S/C66H82N2/c1-4-16-45(17-5-1)49-22-14-23-50(38-49)51-24-15-25-58(42-51)68-64-29-13-11-27-60(64)62-37-33-53(44-66(62)68)52-32-36-61-59-26-10-12-28-63(59)67(65(61)43-52)57-34-30-48(31-35-57)56-40-54(46-18-6-2-7-19-46)39-55(41-56)47-20-8-3-9-21-47/h1,4,6,12,14-15,18,20,23-24,28,30,32-33,36-37,42-46,49-50,54-58,60-61,64-65H,2-3,5,7-11,13,16-17,19,21-22,25-27,29,31,34-35,38-41H2. The maximum absolute atomic E-state index is 2.96. The highest BCUT2D eigenvalue weighted by atomic mass is 15.2. The van der Waals surface area contributed by atoms with Gasteiger partial charge in [-0.25, -0.2) is 0 Å². The normalized spacial score (nSPS) is 38.6. The van der Waals surface area contributed by atoms with E-state index < -0.39 is 0 Å². The highest BCUT2D eigenvalue weighted by Crippen LogP contribution is 2.54. The van der Waals surface area contributed by atoms with Gasteiger partial charge >= 0.3 is 0 Å². The Labute approximate surface area is 411 Å². The predicted octanol–water partition coefficient (Wildman–Crippen LogP) is 17.0. The Kier molecular flexibility index (Phi) is 12.5. The molecule has 2 heteroatoms. The van der Waals surface area contributed by atoms with Crippen molar-refractivity contribution in [3.8, 4) is 0 Å². The van der Waals surface area contributed by atoms with Crippen LogP contribution in [0, 0.1) is 47.3 Å². The zero-order chi connectivity index (χ0) is 45.0. The van der Waals surface area contributed by atoms with Gasteiger partial charge in [0.2, 0.25) is 0 Å². The molecule has 2 saturated carbocycles. The Bertz CT molecular complexity index is 2420. The van der Waals surface area contributed by atoms with Gasteiger partial charge in [0, 0.05) is 41.2 Å². The fourth-order valence-electron chi connectivity index (χ4n) is 17.1. The zero-order valence-electron chi connectivity index (χ0n) is 41.5. The van der Waals surface area contributed by atoms with Crippen molar-refractivity contribution in [2.45, 2.75) is 191 Å². The lowest BCUT2D eigenvalue weighted by Gasteiger charge is -2.43. The Hall–Kier alpha value is -4.04. The molecule has 356 valence electrons. The molecular weight excluding hydrogens is 821 g/mol. The molecule has 2 heterocycles. The quantitative estimate of drug-likeness (QED) is 0.240. The Morgan fingerprint density at radius 1 is 0.544 bits per heavy atom. The van der Waals surface area contributed by atoms with E-state index in [1.807, 2.05) is 11.1 Å². The van der Waals surface area contributed by atoms with Crippen molar-refractivity contribution < 1.29 is 0 Å². The zero-order valence-corrected chi connectivity index (χ0v) is 41.5. The number of hydrogen-bond donors (Lipinski definition) is 0. The molecule has 2 aliphatic heterocycles. The van der Waals surface area contributed by atoms with E-state index in [0.717, 1.165) is 41.9 Å². The molecule has 0 N–H and O–H groups in total. The fraction of sp³-hybridized carbons (Fsp3) is 0.576. The summed E-state index contributed by atoms with van der Waals surface area (Å²) in [5, 5.41) is 0. The van der Waals surface area contributed by atoms with Crippen LogP contribution in [0.4, 0.5) is 5.69 Å². The van der Waals surface area contributed by atoms with Gasteiger partial charge in [0.05, 0.1) is 12.1 Å². The van der Waals surface area contributed by atoms with E-state index in [9.17, 15) is 0 Å². The van der Waals surface area contributed by atoms with Gasteiger partial charge in [0.15, 0.2) is 0 Å². The highest BCUT2D eigenvalue weighted by Gasteiger charge is 2.46. The average molecular weight is 903 g/mol. The molecule has 13 atom stereocenters. The van der Waals surface area contributed by atoms with E-state index >= 15 is 0 Å². The van der Waals surface area contributed by atoms with Gasteiger partial charge in [-0.1, -0.05) is 127 Å². The highest BCUT2D eigenvalue weighted by molar-refractivity contribution is 5.80. The summed E-state index contributed by atoms with van der Waals surface area (Å²) >= 11 is 0. The molecule has 13 unspecified atom stereocenters. The lowest BCUT2D eigenvalue weighted by Crippen LogP contribution is -2.43. The number of rotatable bonds is 8. The van der Waals surface area contributed by atoms with Crippen molar-refractivity contribution in [3.63, 3.8) is 0 Å². The van der Waals surface area contributed by atoms with E-state index in [-0.39, 0.29) is 0 Å².